The molecule has 128 valence electrons. The highest BCUT2D eigenvalue weighted by Crippen LogP contribution is 2.14. The number of rotatable bonds is 5. The number of nitrogens with one attached hydrogen (secondary N) is 1. The molecule has 7 nitrogen and oxygen atoms in total. The molecule has 1 aromatic heterocycles. The van der Waals surface area contributed by atoms with Crippen molar-refractivity contribution in [1.29, 1.82) is 0 Å². The summed E-state index contributed by atoms with van der Waals surface area (Å²) < 4.78 is 11.3. The molecular formula is C18H16N2O5. The van der Waals surface area contributed by atoms with Crippen LogP contribution in [0.4, 0.5) is 5.69 Å². The highest BCUT2D eigenvalue weighted by molar-refractivity contribution is 5.94. The van der Waals surface area contributed by atoms with Crippen molar-refractivity contribution < 1.29 is 18.7 Å². The van der Waals surface area contributed by atoms with Crippen molar-refractivity contribution in [3.63, 3.8) is 0 Å². The second kappa shape index (κ2) is 7.04. The van der Waals surface area contributed by atoms with Crippen LogP contribution in [0.5, 0.6) is 0 Å². The number of anilines is 1. The predicted molar refractivity (Wildman–Crippen MR) is 91.5 cm³/mol. The molecule has 7 heteroatoms. The number of hydrogen-bond acceptors (Lipinski definition) is 5. The Bertz CT molecular complexity index is 986. The van der Waals surface area contributed by atoms with Gasteiger partial charge in [-0.1, -0.05) is 18.2 Å². The molecule has 0 aliphatic rings. The highest BCUT2D eigenvalue weighted by Gasteiger charge is 2.13. The van der Waals surface area contributed by atoms with E-state index in [4.69, 9.17) is 9.15 Å². The normalized spacial score (nSPS) is 10.6. The number of ether oxygens (including phenoxy) is 1. The van der Waals surface area contributed by atoms with E-state index in [1.165, 1.54) is 10.6 Å². The second-order valence-electron chi connectivity index (χ2n) is 5.27. The minimum Gasteiger partial charge on any atom is -0.462 e. The summed E-state index contributed by atoms with van der Waals surface area (Å²) in [5.74, 6) is -1.47. The fourth-order valence-corrected chi connectivity index (χ4v) is 2.45. The zero-order valence-corrected chi connectivity index (χ0v) is 13.5. The van der Waals surface area contributed by atoms with Crippen molar-refractivity contribution >= 4 is 28.7 Å². The topological polar surface area (TPSA) is 90.5 Å². The van der Waals surface area contributed by atoms with E-state index in [0.29, 0.717) is 22.4 Å². The number of benzene rings is 2. The van der Waals surface area contributed by atoms with Crippen LogP contribution in [0.2, 0.25) is 0 Å². The third-order valence-electron chi connectivity index (χ3n) is 3.53. The zero-order chi connectivity index (χ0) is 17.8. The van der Waals surface area contributed by atoms with Crippen LogP contribution < -0.4 is 11.1 Å². The third-order valence-corrected chi connectivity index (χ3v) is 3.53. The average Bonchev–Trinajstić information content (AvgIpc) is 2.91. The van der Waals surface area contributed by atoms with Gasteiger partial charge in [0.1, 0.15) is 6.54 Å². The molecule has 0 saturated carbocycles. The smallest absolute Gasteiger partial charge is 0.420 e. The van der Waals surface area contributed by atoms with E-state index in [1.54, 1.807) is 49.4 Å². The molecule has 25 heavy (non-hydrogen) atoms. The molecular weight excluding hydrogens is 324 g/mol. The Balaban J connectivity index is 1.76. The summed E-state index contributed by atoms with van der Waals surface area (Å²) in [6.45, 7) is 1.79. The first-order valence-electron chi connectivity index (χ1n) is 7.74. The molecule has 0 radical (unpaired) electrons. The van der Waals surface area contributed by atoms with Gasteiger partial charge in [0, 0.05) is 5.69 Å². The number of carbonyl (C=O) groups excluding carboxylic acids is 2. The fourth-order valence-electron chi connectivity index (χ4n) is 2.45. The van der Waals surface area contributed by atoms with Crippen LogP contribution in [-0.4, -0.2) is 23.1 Å². The minimum atomic E-state index is -0.600. The molecule has 0 spiro atoms. The lowest BCUT2D eigenvalue weighted by molar-refractivity contribution is -0.116. The number of esters is 1. The summed E-state index contributed by atoms with van der Waals surface area (Å²) in [4.78, 5) is 35.9. The number of hydrogen-bond donors (Lipinski definition) is 1. The zero-order valence-electron chi connectivity index (χ0n) is 13.5. The maximum atomic E-state index is 12.3. The van der Waals surface area contributed by atoms with E-state index >= 15 is 0 Å². The van der Waals surface area contributed by atoms with Crippen LogP contribution in [0, 0.1) is 0 Å². The Morgan fingerprint density at radius 3 is 2.76 bits per heavy atom. The van der Waals surface area contributed by atoms with E-state index < -0.39 is 17.6 Å². The minimum absolute atomic E-state index is 0.195. The fraction of sp³-hybridized carbons (Fsp3) is 0.167. The quantitative estimate of drug-likeness (QED) is 0.720. The number of amides is 1. The SMILES string of the molecule is CCOC(=O)c1cccc(NC(=O)Cn2c(=O)oc3ccccc32)c1. The third kappa shape index (κ3) is 3.60. The Morgan fingerprint density at radius 2 is 1.96 bits per heavy atom. The molecule has 2 aromatic carbocycles. The molecule has 3 rings (SSSR count). The van der Waals surface area contributed by atoms with Crippen LogP contribution in [-0.2, 0) is 16.1 Å². The summed E-state index contributed by atoms with van der Waals surface area (Å²) in [7, 11) is 0. The van der Waals surface area contributed by atoms with E-state index in [1.807, 2.05) is 0 Å². The van der Waals surface area contributed by atoms with Gasteiger partial charge in [0.2, 0.25) is 5.91 Å². The van der Waals surface area contributed by atoms with Gasteiger partial charge in [-0.25, -0.2) is 9.59 Å². The van der Waals surface area contributed by atoms with Gasteiger partial charge < -0.3 is 14.5 Å². The van der Waals surface area contributed by atoms with Gasteiger partial charge in [0.15, 0.2) is 5.58 Å². The van der Waals surface area contributed by atoms with Gasteiger partial charge in [0.05, 0.1) is 17.7 Å². The van der Waals surface area contributed by atoms with E-state index in [0.717, 1.165) is 0 Å². The summed E-state index contributed by atoms with van der Waals surface area (Å²) in [6.07, 6.45) is 0. The molecule has 0 aliphatic carbocycles. The molecule has 1 amide bonds. The van der Waals surface area contributed by atoms with Crippen molar-refractivity contribution in [2.24, 2.45) is 0 Å². The van der Waals surface area contributed by atoms with Gasteiger partial charge in [-0.2, -0.15) is 0 Å². The van der Waals surface area contributed by atoms with Crippen molar-refractivity contribution in [2.45, 2.75) is 13.5 Å². The average molecular weight is 340 g/mol. The van der Waals surface area contributed by atoms with Crippen molar-refractivity contribution in [1.82, 2.24) is 4.57 Å². The van der Waals surface area contributed by atoms with Crippen molar-refractivity contribution in [3.05, 3.63) is 64.6 Å². The molecule has 0 atom stereocenters. The lowest BCUT2D eigenvalue weighted by Crippen LogP contribution is -2.24. The Hall–Kier alpha value is -3.35. The van der Waals surface area contributed by atoms with Crippen LogP contribution in [0.1, 0.15) is 17.3 Å². The standard InChI is InChI=1S/C18H16N2O5/c1-2-24-17(22)12-6-5-7-13(10-12)19-16(21)11-20-14-8-3-4-9-15(14)25-18(20)23/h3-10H,2,11H2,1H3,(H,19,21). The molecule has 0 unspecified atom stereocenters. The van der Waals surface area contributed by atoms with E-state index in [-0.39, 0.29) is 13.2 Å². The number of para-hydroxylation sites is 2. The maximum absolute atomic E-state index is 12.3. The lowest BCUT2D eigenvalue weighted by atomic mass is 10.2. The molecule has 0 aliphatic heterocycles. The Labute approximate surface area is 142 Å². The van der Waals surface area contributed by atoms with Crippen molar-refractivity contribution in [2.75, 3.05) is 11.9 Å². The van der Waals surface area contributed by atoms with Crippen LogP contribution >= 0.6 is 0 Å². The highest BCUT2D eigenvalue weighted by atomic mass is 16.5. The monoisotopic (exact) mass is 340 g/mol. The second-order valence-corrected chi connectivity index (χ2v) is 5.27. The van der Waals surface area contributed by atoms with Gasteiger partial charge in [-0.15, -0.1) is 0 Å². The summed E-state index contributed by atoms with van der Waals surface area (Å²) >= 11 is 0. The van der Waals surface area contributed by atoms with E-state index in [9.17, 15) is 14.4 Å². The molecule has 0 fully saturated rings. The summed E-state index contributed by atoms with van der Waals surface area (Å²) in [6, 6.07) is 13.3. The number of aromatic nitrogens is 1. The Morgan fingerprint density at radius 1 is 1.16 bits per heavy atom. The number of nitrogens with zero attached hydrogens (tertiary/aromatic N) is 1. The first-order valence-corrected chi connectivity index (χ1v) is 7.74. The Kier molecular flexibility index (Phi) is 4.65. The van der Waals surface area contributed by atoms with Crippen LogP contribution in [0.25, 0.3) is 11.1 Å². The maximum Gasteiger partial charge on any atom is 0.420 e. The van der Waals surface area contributed by atoms with E-state index in [2.05, 4.69) is 5.32 Å². The number of carbonyl (C=O) groups is 2. The van der Waals surface area contributed by atoms with Gasteiger partial charge >= 0.3 is 11.7 Å². The van der Waals surface area contributed by atoms with Crippen LogP contribution in [0.15, 0.2) is 57.7 Å². The van der Waals surface area contributed by atoms with Gasteiger partial charge in [-0.3, -0.25) is 9.36 Å². The molecule has 3 aromatic rings. The number of oxazole rings is 1. The molecule has 1 heterocycles. The van der Waals surface area contributed by atoms with Gasteiger partial charge in [0.25, 0.3) is 0 Å². The van der Waals surface area contributed by atoms with Crippen LogP contribution in [0.3, 0.4) is 0 Å². The largest absolute Gasteiger partial charge is 0.462 e. The summed E-state index contributed by atoms with van der Waals surface area (Å²) in [5, 5.41) is 2.66. The molecule has 1 N–H and O–H groups in total. The predicted octanol–water partition coefficient (Wildman–Crippen LogP) is 2.41. The lowest BCUT2D eigenvalue weighted by Gasteiger charge is -2.07. The first-order chi connectivity index (χ1) is 12.1. The first kappa shape index (κ1) is 16.5. The molecule has 0 bridgehead atoms. The van der Waals surface area contributed by atoms with Crippen molar-refractivity contribution in [3.8, 4) is 0 Å². The number of fused-ring (bicyclic) bond motifs is 1. The summed E-state index contributed by atoms with van der Waals surface area (Å²) in [5.41, 5.74) is 1.74. The van der Waals surface area contributed by atoms with Gasteiger partial charge in [-0.05, 0) is 37.3 Å². The molecule has 0 saturated heterocycles.